The van der Waals surface area contributed by atoms with Crippen molar-refractivity contribution in [3.8, 4) is 11.5 Å². The zero-order valence-corrected chi connectivity index (χ0v) is 11.9. The molecule has 120 valence electrons. The van der Waals surface area contributed by atoms with Crippen molar-refractivity contribution in [1.29, 1.82) is 0 Å². The second kappa shape index (κ2) is 6.98. The van der Waals surface area contributed by atoms with E-state index in [-0.39, 0.29) is 18.0 Å². The molecule has 11 nitrogen and oxygen atoms in total. The van der Waals surface area contributed by atoms with Gasteiger partial charge in [0.2, 0.25) is 6.33 Å². The van der Waals surface area contributed by atoms with Gasteiger partial charge in [-0.15, -0.1) is 0 Å². The molecule has 2 N–H and O–H groups in total. The van der Waals surface area contributed by atoms with Gasteiger partial charge < -0.3 is 20.0 Å². The van der Waals surface area contributed by atoms with E-state index < -0.39 is 16.8 Å². The molecule has 1 amide bonds. The second-order valence-corrected chi connectivity index (χ2v) is 4.22. The first-order chi connectivity index (χ1) is 11.0. The Morgan fingerprint density at radius 3 is 3.04 bits per heavy atom. The van der Waals surface area contributed by atoms with Crippen molar-refractivity contribution >= 4 is 18.1 Å². The number of aromatic nitrogens is 3. The van der Waals surface area contributed by atoms with Crippen LogP contribution in [0.15, 0.2) is 29.6 Å². The van der Waals surface area contributed by atoms with Crippen LogP contribution in [0.4, 0.5) is 5.95 Å². The van der Waals surface area contributed by atoms with Crippen molar-refractivity contribution in [1.82, 2.24) is 20.2 Å². The molecule has 1 heterocycles. The highest BCUT2D eigenvalue weighted by molar-refractivity contribution is 5.83. The lowest BCUT2D eigenvalue weighted by Gasteiger charge is -2.03. The zero-order chi connectivity index (χ0) is 16.8. The van der Waals surface area contributed by atoms with Crippen LogP contribution < -0.4 is 10.2 Å². The summed E-state index contributed by atoms with van der Waals surface area (Å²) in [6.45, 7) is -0.267. The number of phenols is 1. The predicted molar refractivity (Wildman–Crippen MR) is 77.1 cm³/mol. The van der Waals surface area contributed by atoms with E-state index in [1.165, 1.54) is 25.5 Å². The summed E-state index contributed by atoms with van der Waals surface area (Å²) >= 11 is 0. The molecule has 0 saturated heterocycles. The molecule has 23 heavy (non-hydrogen) atoms. The Morgan fingerprint density at radius 2 is 2.39 bits per heavy atom. The summed E-state index contributed by atoms with van der Waals surface area (Å²) in [5.74, 6) is -0.860. The van der Waals surface area contributed by atoms with Gasteiger partial charge in [-0.3, -0.25) is 4.79 Å². The van der Waals surface area contributed by atoms with Crippen LogP contribution in [0.1, 0.15) is 5.56 Å². The minimum Gasteiger partial charge on any atom is -0.504 e. The molecule has 1 aromatic heterocycles. The molecule has 0 fully saturated rings. The fraction of sp³-hybridized carbons (Fsp3) is 0.167. The van der Waals surface area contributed by atoms with Gasteiger partial charge in [-0.2, -0.15) is 9.78 Å². The molecule has 0 aliphatic carbocycles. The van der Waals surface area contributed by atoms with Crippen LogP contribution >= 0.6 is 0 Å². The first-order valence-electron chi connectivity index (χ1n) is 6.22. The summed E-state index contributed by atoms with van der Waals surface area (Å²) in [6, 6.07) is 4.54. The fourth-order valence-corrected chi connectivity index (χ4v) is 1.58. The normalized spacial score (nSPS) is 10.7. The van der Waals surface area contributed by atoms with Gasteiger partial charge in [-0.1, -0.05) is 4.98 Å². The summed E-state index contributed by atoms with van der Waals surface area (Å²) in [4.78, 5) is 24.7. The van der Waals surface area contributed by atoms with Gasteiger partial charge in [0.1, 0.15) is 6.54 Å². The van der Waals surface area contributed by atoms with E-state index >= 15 is 0 Å². The molecule has 0 atom stereocenters. The van der Waals surface area contributed by atoms with Crippen molar-refractivity contribution < 1.29 is 19.6 Å². The molecule has 0 spiro atoms. The number of carbonyl (C=O) groups excluding carboxylic acids is 1. The number of phenolic OH excluding ortho intramolecular Hbond substituents is 1. The first kappa shape index (κ1) is 15.9. The molecular formula is C12H12N6O5. The van der Waals surface area contributed by atoms with Gasteiger partial charge in [0.25, 0.3) is 5.91 Å². The average molecular weight is 320 g/mol. The number of hydrogen-bond donors (Lipinski definition) is 2. The third-order valence-corrected chi connectivity index (χ3v) is 2.60. The van der Waals surface area contributed by atoms with Gasteiger partial charge in [-0.25, -0.2) is 5.43 Å². The van der Waals surface area contributed by atoms with Crippen molar-refractivity contribution in [2.24, 2.45) is 5.10 Å². The third-order valence-electron chi connectivity index (χ3n) is 2.60. The van der Waals surface area contributed by atoms with Crippen molar-refractivity contribution in [3.63, 3.8) is 0 Å². The molecule has 2 aromatic rings. The highest BCUT2D eigenvalue weighted by atomic mass is 16.6. The number of nitro groups is 1. The number of rotatable bonds is 6. The number of hydrazone groups is 1. The Morgan fingerprint density at radius 1 is 1.61 bits per heavy atom. The van der Waals surface area contributed by atoms with E-state index in [1.54, 1.807) is 6.07 Å². The van der Waals surface area contributed by atoms with Gasteiger partial charge in [0.15, 0.2) is 11.5 Å². The lowest BCUT2D eigenvalue weighted by atomic mass is 10.2. The van der Waals surface area contributed by atoms with E-state index in [0.717, 1.165) is 11.0 Å². The molecule has 0 aliphatic heterocycles. The zero-order valence-electron chi connectivity index (χ0n) is 11.9. The number of nitrogens with one attached hydrogen (secondary N) is 1. The number of methoxy groups -OCH3 is 1. The van der Waals surface area contributed by atoms with Crippen LogP contribution in [0.5, 0.6) is 11.5 Å². The number of amides is 1. The largest absolute Gasteiger partial charge is 0.504 e. The molecule has 0 bridgehead atoms. The van der Waals surface area contributed by atoms with Crippen LogP contribution in [-0.2, 0) is 11.3 Å². The molecule has 2 rings (SSSR count). The van der Waals surface area contributed by atoms with Crippen LogP contribution in [0.2, 0.25) is 0 Å². The molecule has 11 heteroatoms. The highest BCUT2D eigenvalue weighted by Crippen LogP contribution is 2.25. The van der Waals surface area contributed by atoms with Crippen LogP contribution in [0.25, 0.3) is 0 Å². The fourth-order valence-electron chi connectivity index (χ4n) is 1.58. The maximum atomic E-state index is 11.6. The third kappa shape index (κ3) is 4.23. The smallest absolute Gasteiger partial charge is 0.490 e. The van der Waals surface area contributed by atoms with Gasteiger partial charge in [0, 0.05) is 5.10 Å². The predicted octanol–water partition coefficient (Wildman–Crippen LogP) is 0.0508. The molecule has 1 aromatic carbocycles. The molecular weight excluding hydrogens is 308 g/mol. The van der Waals surface area contributed by atoms with Crippen LogP contribution in [0, 0.1) is 10.1 Å². The Bertz CT molecular complexity index is 756. The van der Waals surface area contributed by atoms with E-state index in [4.69, 9.17) is 4.74 Å². The van der Waals surface area contributed by atoms with Crippen LogP contribution in [0.3, 0.4) is 0 Å². The Hall–Kier alpha value is -3.50. The van der Waals surface area contributed by atoms with E-state index in [1.807, 2.05) is 0 Å². The maximum absolute atomic E-state index is 11.6. The highest BCUT2D eigenvalue weighted by Gasteiger charge is 2.14. The molecule has 0 radical (unpaired) electrons. The Balaban J connectivity index is 1.91. The van der Waals surface area contributed by atoms with Crippen molar-refractivity contribution in [3.05, 3.63) is 40.2 Å². The minimum atomic E-state index is -0.759. The number of aromatic hydroxyl groups is 1. The summed E-state index contributed by atoms with van der Waals surface area (Å²) < 4.78 is 5.96. The second-order valence-electron chi connectivity index (χ2n) is 4.22. The molecule has 0 aliphatic rings. The van der Waals surface area contributed by atoms with E-state index in [0.29, 0.717) is 5.56 Å². The minimum absolute atomic E-state index is 0.0125. The SMILES string of the molecule is COc1cc(/C=N/NC(=O)Cn2cnc([N+](=O)[O-])n2)ccc1O. The van der Waals surface area contributed by atoms with Gasteiger partial charge in [-0.05, 0) is 28.7 Å². The summed E-state index contributed by atoms with van der Waals surface area (Å²) in [5.41, 5.74) is 2.83. The van der Waals surface area contributed by atoms with Crippen LogP contribution in [-0.4, -0.2) is 44.0 Å². The van der Waals surface area contributed by atoms with Crippen molar-refractivity contribution in [2.75, 3.05) is 7.11 Å². The number of ether oxygens (including phenoxy) is 1. The quantitative estimate of drug-likeness (QED) is 0.434. The van der Waals surface area contributed by atoms with Crippen molar-refractivity contribution in [2.45, 2.75) is 6.54 Å². The maximum Gasteiger partial charge on any atom is 0.490 e. The average Bonchev–Trinajstić information content (AvgIpc) is 2.97. The van der Waals surface area contributed by atoms with Gasteiger partial charge in [0.05, 0.1) is 13.3 Å². The first-order valence-corrected chi connectivity index (χ1v) is 6.22. The van der Waals surface area contributed by atoms with Gasteiger partial charge >= 0.3 is 5.95 Å². The monoisotopic (exact) mass is 320 g/mol. The van der Waals surface area contributed by atoms with E-state index in [2.05, 4.69) is 20.6 Å². The molecule has 0 saturated carbocycles. The molecule has 0 unspecified atom stereocenters. The summed E-state index contributed by atoms with van der Waals surface area (Å²) in [6.07, 6.45) is 2.43. The Kier molecular flexibility index (Phi) is 4.82. The summed E-state index contributed by atoms with van der Waals surface area (Å²) in [7, 11) is 1.41. The lowest BCUT2D eigenvalue weighted by molar-refractivity contribution is -0.394. The van der Waals surface area contributed by atoms with E-state index in [9.17, 15) is 20.0 Å². The Labute approximate surface area is 129 Å². The number of nitrogens with zero attached hydrogens (tertiary/aromatic N) is 5. The lowest BCUT2D eigenvalue weighted by Crippen LogP contribution is -2.23. The summed E-state index contributed by atoms with van der Waals surface area (Å²) in [5, 5.41) is 27.1. The number of carbonyl (C=O) groups is 1. The number of benzene rings is 1. The topological polar surface area (TPSA) is 145 Å². The number of hydrogen-bond acceptors (Lipinski definition) is 8. The standard InChI is InChI=1S/C12H12N6O5/c1-23-10-4-8(2-3-9(10)19)5-14-15-11(20)6-17-7-13-12(16-17)18(21)22/h2-5,7,19H,6H2,1H3,(H,15,20)/b14-5+.